The van der Waals surface area contributed by atoms with Gasteiger partial charge in [0.15, 0.2) is 0 Å². The van der Waals surface area contributed by atoms with E-state index >= 15 is 0 Å². The number of benzene rings is 1. The standard InChI is InChI=1S/C19H22N2O2S/c1-24-15-10-8-14(9-11-15)18(16-6-2-4-12-20-16)21-13-5-3-7-17(21)19(22)23/h2,4,6,8-12,17-18H,3,5,7,13H2,1H3,(H,22,23). The highest BCUT2D eigenvalue weighted by Gasteiger charge is 2.35. The van der Waals surface area contributed by atoms with Crippen LogP contribution in [0.15, 0.2) is 53.6 Å². The Balaban J connectivity index is 2.02. The van der Waals surface area contributed by atoms with Gasteiger partial charge in [-0.15, -0.1) is 11.8 Å². The third kappa shape index (κ3) is 3.62. The molecule has 1 aliphatic rings. The van der Waals surface area contributed by atoms with E-state index in [9.17, 15) is 9.90 Å². The number of pyridine rings is 1. The number of hydrogen-bond donors (Lipinski definition) is 1. The number of rotatable bonds is 5. The van der Waals surface area contributed by atoms with Crippen LogP contribution in [0.2, 0.25) is 0 Å². The van der Waals surface area contributed by atoms with Crippen molar-refractivity contribution in [1.82, 2.24) is 9.88 Å². The lowest BCUT2D eigenvalue weighted by Gasteiger charge is -2.39. The van der Waals surface area contributed by atoms with Crippen molar-refractivity contribution in [2.75, 3.05) is 12.8 Å². The first-order chi connectivity index (χ1) is 11.7. The molecule has 1 aromatic carbocycles. The summed E-state index contributed by atoms with van der Waals surface area (Å²) in [6.07, 6.45) is 6.51. The Bertz CT molecular complexity index is 676. The van der Waals surface area contributed by atoms with Crippen molar-refractivity contribution < 1.29 is 9.90 Å². The SMILES string of the molecule is CSc1ccc(C(c2ccccn2)N2CCCCC2C(=O)O)cc1. The summed E-state index contributed by atoms with van der Waals surface area (Å²) in [7, 11) is 0. The number of aromatic nitrogens is 1. The van der Waals surface area contributed by atoms with Crippen LogP contribution < -0.4 is 0 Å². The van der Waals surface area contributed by atoms with Crippen LogP contribution >= 0.6 is 11.8 Å². The van der Waals surface area contributed by atoms with E-state index in [-0.39, 0.29) is 6.04 Å². The molecular weight excluding hydrogens is 320 g/mol. The average Bonchev–Trinajstić information content (AvgIpc) is 2.64. The Morgan fingerprint density at radius 1 is 1.25 bits per heavy atom. The van der Waals surface area contributed by atoms with Crippen LogP contribution in [0.1, 0.15) is 36.6 Å². The number of aliphatic carboxylic acids is 1. The largest absolute Gasteiger partial charge is 0.480 e. The van der Waals surface area contributed by atoms with Gasteiger partial charge in [0, 0.05) is 11.1 Å². The van der Waals surface area contributed by atoms with E-state index in [0.717, 1.165) is 30.6 Å². The summed E-state index contributed by atoms with van der Waals surface area (Å²) in [6.45, 7) is 0.780. The molecule has 0 amide bonds. The molecule has 0 spiro atoms. The maximum Gasteiger partial charge on any atom is 0.320 e. The smallest absolute Gasteiger partial charge is 0.320 e. The summed E-state index contributed by atoms with van der Waals surface area (Å²) in [5.74, 6) is -0.739. The molecule has 0 saturated carbocycles. The number of hydrogen-bond acceptors (Lipinski definition) is 4. The predicted molar refractivity (Wildman–Crippen MR) is 96.3 cm³/mol. The molecule has 126 valence electrons. The highest BCUT2D eigenvalue weighted by molar-refractivity contribution is 7.98. The first kappa shape index (κ1) is 17.0. The van der Waals surface area contributed by atoms with Gasteiger partial charge < -0.3 is 5.11 Å². The van der Waals surface area contributed by atoms with Crippen LogP contribution in [-0.2, 0) is 4.79 Å². The first-order valence-electron chi connectivity index (χ1n) is 8.24. The Morgan fingerprint density at radius 3 is 2.67 bits per heavy atom. The van der Waals surface area contributed by atoms with Crippen LogP contribution in [0.3, 0.4) is 0 Å². The highest BCUT2D eigenvalue weighted by Crippen LogP contribution is 2.34. The highest BCUT2D eigenvalue weighted by atomic mass is 32.2. The molecule has 0 bridgehead atoms. The van der Waals surface area contributed by atoms with Gasteiger partial charge in [-0.05, 0) is 55.5 Å². The normalized spacial score (nSPS) is 19.8. The molecule has 4 nitrogen and oxygen atoms in total. The van der Waals surface area contributed by atoms with Gasteiger partial charge in [-0.1, -0.05) is 24.6 Å². The molecule has 1 N–H and O–H groups in total. The second-order valence-electron chi connectivity index (χ2n) is 6.02. The molecule has 1 saturated heterocycles. The Kier molecular flexibility index (Phi) is 5.53. The minimum absolute atomic E-state index is 0.122. The monoisotopic (exact) mass is 342 g/mol. The molecule has 3 rings (SSSR count). The van der Waals surface area contributed by atoms with E-state index < -0.39 is 12.0 Å². The van der Waals surface area contributed by atoms with E-state index in [1.165, 1.54) is 4.90 Å². The number of nitrogens with zero attached hydrogens (tertiary/aromatic N) is 2. The van der Waals surface area contributed by atoms with E-state index in [1.807, 2.05) is 18.2 Å². The summed E-state index contributed by atoms with van der Waals surface area (Å²) in [4.78, 5) is 19.6. The molecule has 2 aromatic rings. The minimum Gasteiger partial charge on any atom is -0.480 e. The molecule has 0 aliphatic carbocycles. The van der Waals surface area contributed by atoms with Gasteiger partial charge in [-0.25, -0.2) is 0 Å². The number of thioether (sulfide) groups is 1. The van der Waals surface area contributed by atoms with Crippen LogP contribution in [-0.4, -0.2) is 39.8 Å². The molecule has 5 heteroatoms. The molecule has 2 unspecified atom stereocenters. The van der Waals surface area contributed by atoms with Crippen molar-refractivity contribution in [1.29, 1.82) is 0 Å². The maximum absolute atomic E-state index is 11.8. The molecular formula is C19H22N2O2S. The molecule has 1 fully saturated rings. The van der Waals surface area contributed by atoms with E-state index in [0.29, 0.717) is 6.42 Å². The number of carbonyl (C=O) groups is 1. The third-order valence-electron chi connectivity index (χ3n) is 4.56. The zero-order valence-corrected chi connectivity index (χ0v) is 14.6. The molecule has 2 atom stereocenters. The topological polar surface area (TPSA) is 53.4 Å². The lowest BCUT2D eigenvalue weighted by atomic mass is 9.94. The second-order valence-corrected chi connectivity index (χ2v) is 6.90. The van der Waals surface area contributed by atoms with Gasteiger partial charge in [-0.2, -0.15) is 0 Å². The average molecular weight is 342 g/mol. The van der Waals surface area contributed by atoms with Crippen molar-refractivity contribution in [3.8, 4) is 0 Å². The second kappa shape index (κ2) is 7.81. The minimum atomic E-state index is -0.739. The molecule has 0 radical (unpaired) electrons. The van der Waals surface area contributed by atoms with Crippen molar-refractivity contribution in [3.05, 3.63) is 59.9 Å². The Labute approximate surface area is 146 Å². The predicted octanol–water partition coefficient (Wildman–Crippen LogP) is 3.83. The fourth-order valence-corrected chi connectivity index (χ4v) is 3.79. The number of likely N-dealkylation sites (tertiary alicyclic amines) is 1. The lowest BCUT2D eigenvalue weighted by molar-refractivity contribution is -0.145. The van der Waals surface area contributed by atoms with Crippen LogP contribution in [0.4, 0.5) is 0 Å². The van der Waals surface area contributed by atoms with E-state index in [4.69, 9.17) is 0 Å². The van der Waals surface area contributed by atoms with Crippen molar-refractivity contribution in [2.24, 2.45) is 0 Å². The van der Waals surface area contributed by atoms with Crippen LogP contribution in [0, 0.1) is 0 Å². The van der Waals surface area contributed by atoms with Crippen LogP contribution in [0.5, 0.6) is 0 Å². The van der Waals surface area contributed by atoms with Gasteiger partial charge >= 0.3 is 5.97 Å². The summed E-state index contributed by atoms with van der Waals surface area (Å²) in [5.41, 5.74) is 2.00. The van der Waals surface area contributed by atoms with Crippen LogP contribution in [0.25, 0.3) is 0 Å². The molecule has 1 aliphatic heterocycles. The van der Waals surface area contributed by atoms with Crippen molar-refractivity contribution in [3.63, 3.8) is 0 Å². The zero-order valence-electron chi connectivity index (χ0n) is 13.8. The summed E-state index contributed by atoms with van der Waals surface area (Å²) < 4.78 is 0. The Hall–Kier alpha value is -1.85. The molecule has 24 heavy (non-hydrogen) atoms. The molecule has 2 heterocycles. The first-order valence-corrected chi connectivity index (χ1v) is 9.46. The summed E-state index contributed by atoms with van der Waals surface area (Å²) in [6, 6.07) is 13.6. The Morgan fingerprint density at radius 2 is 2.04 bits per heavy atom. The van der Waals surface area contributed by atoms with Gasteiger partial charge in [0.1, 0.15) is 6.04 Å². The fourth-order valence-electron chi connectivity index (χ4n) is 3.38. The van der Waals surface area contributed by atoms with Gasteiger partial charge in [0.05, 0.1) is 11.7 Å². The lowest BCUT2D eigenvalue weighted by Crippen LogP contribution is -2.47. The summed E-state index contributed by atoms with van der Waals surface area (Å²) in [5, 5.41) is 9.67. The van der Waals surface area contributed by atoms with Gasteiger partial charge in [0.2, 0.25) is 0 Å². The van der Waals surface area contributed by atoms with E-state index in [2.05, 4.69) is 40.4 Å². The number of piperidine rings is 1. The van der Waals surface area contributed by atoms with Gasteiger partial charge in [0.25, 0.3) is 0 Å². The number of carboxylic acids is 1. The van der Waals surface area contributed by atoms with Crippen molar-refractivity contribution >= 4 is 17.7 Å². The van der Waals surface area contributed by atoms with Gasteiger partial charge in [-0.3, -0.25) is 14.7 Å². The molecule has 1 aromatic heterocycles. The quantitative estimate of drug-likeness (QED) is 0.837. The van der Waals surface area contributed by atoms with E-state index in [1.54, 1.807) is 18.0 Å². The maximum atomic E-state index is 11.8. The summed E-state index contributed by atoms with van der Waals surface area (Å²) >= 11 is 1.70. The fraction of sp³-hybridized carbons (Fsp3) is 0.368. The zero-order chi connectivity index (χ0) is 16.9. The third-order valence-corrected chi connectivity index (χ3v) is 5.30. The van der Waals surface area contributed by atoms with Crippen molar-refractivity contribution in [2.45, 2.75) is 36.2 Å². The number of carboxylic acid groups (broad SMARTS) is 1.